The number of amides is 2. The Bertz CT molecular complexity index is 1740. The lowest BCUT2D eigenvalue weighted by Crippen LogP contribution is -2.56. The van der Waals surface area contributed by atoms with Crippen LogP contribution in [0.2, 0.25) is 5.02 Å². The number of aromatic nitrogens is 1. The second-order valence-corrected chi connectivity index (χ2v) is 13.7. The zero-order valence-corrected chi connectivity index (χ0v) is 27.1. The molecule has 4 aromatic rings. The Morgan fingerprint density at radius 1 is 1.16 bits per heavy atom. The fourth-order valence-corrected chi connectivity index (χ4v) is 8.07. The minimum atomic E-state index is -0.629. The van der Waals surface area contributed by atoms with E-state index in [-0.39, 0.29) is 65.1 Å². The SMILES string of the molecule is COC(=O)CCc1cnc([C@@H]2C[C@H](N3CC(OC)C3)CN2C(=O)Cc2cc(Cl)c(NC(=O)c3csc4ccccc34)cc2F)s1. The van der Waals surface area contributed by atoms with Crippen molar-refractivity contribution >= 4 is 67.8 Å². The first-order valence-corrected chi connectivity index (χ1v) is 16.6. The van der Waals surface area contributed by atoms with Crippen molar-refractivity contribution in [3.8, 4) is 0 Å². The predicted molar refractivity (Wildman–Crippen MR) is 173 cm³/mol. The number of likely N-dealkylation sites (tertiary alicyclic amines) is 2. The fraction of sp³-hybridized carbons (Fsp3) is 0.375. The number of ether oxygens (including phenoxy) is 2. The Morgan fingerprint density at radius 3 is 2.73 bits per heavy atom. The van der Waals surface area contributed by atoms with Crippen LogP contribution in [0.25, 0.3) is 10.1 Å². The summed E-state index contributed by atoms with van der Waals surface area (Å²) in [5, 5.41) is 6.22. The number of halogens is 2. The number of anilines is 1. The molecular weight excluding hydrogens is 639 g/mol. The van der Waals surface area contributed by atoms with E-state index in [2.05, 4.69) is 15.2 Å². The van der Waals surface area contributed by atoms with Crippen molar-refractivity contribution in [2.75, 3.05) is 39.2 Å². The molecule has 0 aliphatic carbocycles. The number of esters is 1. The smallest absolute Gasteiger partial charge is 0.305 e. The molecule has 2 aromatic carbocycles. The van der Waals surface area contributed by atoms with Gasteiger partial charge in [-0.25, -0.2) is 9.37 Å². The largest absolute Gasteiger partial charge is 0.469 e. The summed E-state index contributed by atoms with van der Waals surface area (Å²) in [7, 11) is 3.06. The molecule has 0 spiro atoms. The Hall–Kier alpha value is -3.42. The number of carbonyl (C=O) groups is 3. The number of thiophene rings is 1. The highest BCUT2D eigenvalue weighted by molar-refractivity contribution is 7.17. The molecule has 0 radical (unpaired) electrons. The third-order valence-electron chi connectivity index (χ3n) is 8.44. The van der Waals surface area contributed by atoms with Crippen LogP contribution < -0.4 is 5.32 Å². The molecule has 2 amide bonds. The van der Waals surface area contributed by atoms with E-state index in [1.165, 1.54) is 41.9 Å². The summed E-state index contributed by atoms with van der Waals surface area (Å²) in [6.07, 6.45) is 3.17. The van der Waals surface area contributed by atoms with Gasteiger partial charge in [-0.1, -0.05) is 29.8 Å². The lowest BCUT2D eigenvalue weighted by atomic mass is 10.1. The topological polar surface area (TPSA) is 101 Å². The van der Waals surface area contributed by atoms with E-state index in [9.17, 15) is 14.4 Å². The molecule has 9 nitrogen and oxygen atoms in total. The predicted octanol–water partition coefficient (Wildman–Crippen LogP) is 5.72. The molecule has 2 fully saturated rings. The zero-order valence-electron chi connectivity index (χ0n) is 24.8. The molecule has 2 aromatic heterocycles. The van der Waals surface area contributed by atoms with Gasteiger partial charge in [0.1, 0.15) is 10.8 Å². The van der Waals surface area contributed by atoms with Crippen LogP contribution in [0.4, 0.5) is 10.1 Å². The number of methoxy groups -OCH3 is 2. The molecule has 4 heterocycles. The normalized spacial score (nSPS) is 18.7. The van der Waals surface area contributed by atoms with Gasteiger partial charge in [0.2, 0.25) is 5.91 Å². The molecule has 236 valence electrons. The van der Waals surface area contributed by atoms with E-state index in [1.807, 2.05) is 24.3 Å². The molecule has 0 bridgehead atoms. The molecule has 13 heteroatoms. The van der Waals surface area contributed by atoms with Crippen LogP contribution in [-0.2, 0) is 31.9 Å². The zero-order chi connectivity index (χ0) is 31.7. The first-order chi connectivity index (χ1) is 21.7. The van der Waals surface area contributed by atoms with Crippen molar-refractivity contribution in [3.05, 3.63) is 79.8 Å². The van der Waals surface area contributed by atoms with Gasteiger partial charge >= 0.3 is 5.97 Å². The van der Waals surface area contributed by atoms with Crippen LogP contribution in [0.5, 0.6) is 0 Å². The molecule has 2 aliphatic heterocycles. The number of nitrogens with one attached hydrogen (secondary N) is 1. The average Bonchev–Trinajstić information content (AvgIpc) is 3.76. The highest BCUT2D eigenvalue weighted by Gasteiger charge is 2.43. The number of benzene rings is 2. The van der Waals surface area contributed by atoms with Crippen LogP contribution in [0, 0.1) is 5.82 Å². The summed E-state index contributed by atoms with van der Waals surface area (Å²) >= 11 is 9.44. The minimum absolute atomic E-state index is 0.118. The molecule has 2 atom stereocenters. The minimum Gasteiger partial charge on any atom is -0.469 e. The summed E-state index contributed by atoms with van der Waals surface area (Å²) in [6.45, 7) is 2.06. The molecular formula is C32H32ClFN4O5S2. The van der Waals surface area contributed by atoms with Crippen LogP contribution in [0.15, 0.2) is 48.0 Å². The van der Waals surface area contributed by atoms with Gasteiger partial charge in [-0.05, 0) is 36.6 Å². The molecule has 0 saturated carbocycles. The fourth-order valence-electron chi connectivity index (χ4n) is 5.85. The van der Waals surface area contributed by atoms with Crippen molar-refractivity contribution in [3.63, 3.8) is 0 Å². The molecule has 1 N–H and O–H groups in total. The summed E-state index contributed by atoms with van der Waals surface area (Å²) in [6, 6.07) is 9.97. The van der Waals surface area contributed by atoms with Crippen LogP contribution in [0.1, 0.15) is 44.7 Å². The van der Waals surface area contributed by atoms with Gasteiger partial charge in [-0.15, -0.1) is 22.7 Å². The van der Waals surface area contributed by atoms with Crippen LogP contribution in [0.3, 0.4) is 0 Å². The number of carbonyl (C=O) groups excluding carboxylic acids is 3. The second kappa shape index (κ2) is 13.5. The van der Waals surface area contributed by atoms with Crippen molar-refractivity contribution in [2.45, 2.75) is 43.9 Å². The van der Waals surface area contributed by atoms with Crippen molar-refractivity contribution < 1.29 is 28.2 Å². The number of hydrogen-bond acceptors (Lipinski definition) is 9. The van der Waals surface area contributed by atoms with E-state index in [0.29, 0.717) is 24.9 Å². The van der Waals surface area contributed by atoms with Gasteiger partial charge in [-0.3, -0.25) is 19.3 Å². The molecule has 0 unspecified atom stereocenters. The van der Waals surface area contributed by atoms with Gasteiger partial charge in [0.15, 0.2) is 0 Å². The van der Waals surface area contributed by atoms with E-state index >= 15 is 4.39 Å². The third-order valence-corrected chi connectivity index (χ3v) is 10.9. The Labute approximate surface area is 272 Å². The monoisotopic (exact) mass is 670 g/mol. The molecule has 2 saturated heterocycles. The molecule has 45 heavy (non-hydrogen) atoms. The first kappa shape index (κ1) is 31.6. The Kier molecular flexibility index (Phi) is 9.48. The standard InChI is InChI=1S/C32H32ClFN4O5S2/c1-42-20-15-37(16-20)19-11-27(32-35-13-21(45-32)7-8-30(40)43-2)38(14-19)29(39)10-18-9-24(33)26(12-25(18)34)36-31(41)23-17-44-28-6-4-3-5-22(23)28/h3-6,9,12-13,17,19-20,27H,7-8,10-11,14-16H2,1-2H3,(H,36,41)/t19-,27-/m0/s1. The van der Waals surface area contributed by atoms with Crippen LogP contribution >= 0.6 is 34.3 Å². The maximum absolute atomic E-state index is 15.4. The summed E-state index contributed by atoms with van der Waals surface area (Å²) in [4.78, 5) is 48.1. The van der Waals surface area contributed by atoms with Crippen molar-refractivity contribution in [1.29, 1.82) is 0 Å². The number of aryl methyl sites for hydroxylation is 1. The number of rotatable bonds is 10. The van der Waals surface area contributed by atoms with E-state index in [1.54, 1.807) is 23.6 Å². The number of fused-ring (bicyclic) bond motifs is 1. The second-order valence-electron chi connectivity index (χ2n) is 11.2. The maximum atomic E-state index is 15.4. The maximum Gasteiger partial charge on any atom is 0.305 e. The number of hydrogen-bond donors (Lipinski definition) is 1. The molecule has 6 rings (SSSR count). The average molecular weight is 671 g/mol. The summed E-state index contributed by atoms with van der Waals surface area (Å²) in [5.41, 5.74) is 0.764. The lowest BCUT2D eigenvalue weighted by molar-refractivity contribution is -0.140. The molecule has 2 aliphatic rings. The number of thiazole rings is 1. The summed E-state index contributed by atoms with van der Waals surface area (Å²) < 4.78 is 26.6. The van der Waals surface area contributed by atoms with Gasteiger partial charge in [0.25, 0.3) is 5.91 Å². The van der Waals surface area contributed by atoms with E-state index < -0.39 is 5.82 Å². The van der Waals surface area contributed by atoms with Gasteiger partial charge in [0.05, 0.1) is 48.4 Å². The Balaban J connectivity index is 1.17. The van der Waals surface area contributed by atoms with Crippen molar-refractivity contribution in [2.24, 2.45) is 0 Å². The summed E-state index contributed by atoms with van der Waals surface area (Å²) in [5.74, 6) is -1.55. The Morgan fingerprint density at radius 2 is 1.96 bits per heavy atom. The lowest BCUT2D eigenvalue weighted by Gasteiger charge is -2.42. The van der Waals surface area contributed by atoms with Crippen LogP contribution in [-0.4, -0.2) is 78.6 Å². The van der Waals surface area contributed by atoms with E-state index in [4.69, 9.17) is 21.1 Å². The highest BCUT2D eigenvalue weighted by Crippen LogP contribution is 2.39. The van der Waals surface area contributed by atoms with Gasteiger partial charge in [0, 0.05) is 59.3 Å². The van der Waals surface area contributed by atoms with Crippen molar-refractivity contribution in [1.82, 2.24) is 14.8 Å². The third kappa shape index (κ3) is 6.75. The van der Waals surface area contributed by atoms with E-state index in [0.717, 1.165) is 33.1 Å². The van der Waals surface area contributed by atoms with Gasteiger partial charge in [-0.2, -0.15) is 0 Å². The first-order valence-electron chi connectivity index (χ1n) is 14.6. The number of nitrogens with zero attached hydrogens (tertiary/aromatic N) is 3. The highest BCUT2D eigenvalue weighted by atomic mass is 35.5. The van der Waals surface area contributed by atoms with Gasteiger partial charge < -0.3 is 19.7 Å². The quantitative estimate of drug-likeness (QED) is 0.215.